The van der Waals surface area contributed by atoms with Crippen molar-refractivity contribution in [1.29, 1.82) is 0 Å². The first kappa shape index (κ1) is 15.1. The molecule has 0 saturated carbocycles. The zero-order valence-corrected chi connectivity index (χ0v) is 12.4. The second-order valence-corrected chi connectivity index (χ2v) is 5.71. The lowest BCUT2D eigenvalue weighted by molar-refractivity contribution is 0.490. The van der Waals surface area contributed by atoms with E-state index in [9.17, 15) is 8.78 Å². The van der Waals surface area contributed by atoms with Crippen LogP contribution in [-0.4, -0.2) is 12.6 Å². The standard InChI is InChI=1S/C16H19F2NS/c1-2-6-19-15(8-12-5-7-20-11-12)10-13-9-14(17)3-4-16(13)18/h3-5,7,9,11,15,19H,2,6,8,10H2,1H3. The molecule has 1 heterocycles. The normalized spacial score (nSPS) is 12.6. The van der Waals surface area contributed by atoms with E-state index in [1.807, 2.05) is 5.38 Å². The molecule has 0 amide bonds. The molecule has 1 atom stereocenters. The van der Waals surface area contributed by atoms with Crippen LogP contribution in [0.3, 0.4) is 0 Å². The van der Waals surface area contributed by atoms with E-state index in [4.69, 9.17) is 0 Å². The van der Waals surface area contributed by atoms with E-state index >= 15 is 0 Å². The fourth-order valence-electron chi connectivity index (χ4n) is 2.22. The first-order chi connectivity index (χ1) is 9.69. The van der Waals surface area contributed by atoms with Gasteiger partial charge in [0.15, 0.2) is 0 Å². The zero-order valence-electron chi connectivity index (χ0n) is 11.5. The summed E-state index contributed by atoms with van der Waals surface area (Å²) in [6.45, 7) is 2.98. The molecule has 0 bridgehead atoms. The maximum atomic E-state index is 13.7. The van der Waals surface area contributed by atoms with Gasteiger partial charge in [-0.1, -0.05) is 6.92 Å². The summed E-state index contributed by atoms with van der Waals surface area (Å²) < 4.78 is 27.0. The Kier molecular flexibility index (Phi) is 5.68. The molecule has 2 aromatic rings. The molecule has 1 nitrogen and oxygen atoms in total. The Morgan fingerprint density at radius 3 is 2.75 bits per heavy atom. The van der Waals surface area contributed by atoms with Gasteiger partial charge in [0.2, 0.25) is 0 Å². The van der Waals surface area contributed by atoms with Crippen LogP contribution >= 0.6 is 11.3 Å². The lowest BCUT2D eigenvalue weighted by atomic mass is 10.00. The molecule has 20 heavy (non-hydrogen) atoms. The van der Waals surface area contributed by atoms with Crippen molar-refractivity contribution in [3.05, 3.63) is 57.8 Å². The summed E-state index contributed by atoms with van der Waals surface area (Å²) in [5.74, 6) is -0.716. The molecule has 0 aliphatic heterocycles. The van der Waals surface area contributed by atoms with Crippen molar-refractivity contribution in [2.24, 2.45) is 0 Å². The highest BCUT2D eigenvalue weighted by molar-refractivity contribution is 7.07. The number of rotatable bonds is 7. The predicted molar refractivity (Wildman–Crippen MR) is 80.2 cm³/mol. The number of halogens is 2. The van der Waals surface area contributed by atoms with Crippen molar-refractivity contribution in [3.8, 4) is 0 Å². The molecule has 0 aliphatic carbocycles. The average molecular weight is 295 g/mol. The fourth-order valence-corrected chi connectivity index (χ4v) is 2.90. The highest BCUT2D eigenvalue weighted by atomic mass is 32.1. The molecular formula is C16H19F2NS. The zero-order chi connectivity index (χ0) is 14.4. The van der Waals surface area contributed by atoms with Gasteiger partial charge in [0.1, 0.15) is 11.6 Å². The largest absolute Gasteiger partial charge is 0.313 e. The van der Waals surface area contributed by atoms with Crippen molar-refractivity contribution < 1.29 is 8.78 Å². The number of nitrogens with one attached hydrogen (secondary N) is 1. The first-order valence-electron chi connectivity index (χ1n) is 6.87. The van der Waals surface area contributed by atoms with Crippen LogP contribution in [0.15, 0.2) is 35.0 Å². The molecule has 108 valence electrons. The van der Waals surface area contributed by atoms with Gasteiger partial charge in [-0.2, -0.15) is 11.3 Å². The summed E-state index contributed by atoms with van der Waals surface area (Å²) in [6.07, 6.45) is 2.35. The van der Waals surface area contributed by atoms with E-state index in [2.05, 4.69) is 23.7 Å². The van der Waals surface area contributed by atoms with E-state index in [1.165, 1.54) is 17.7 Å². The van der Waals surface area contributed by atoms with Gasteiger partial charge in [-0.25, -0.2) is 8.78 Å². The molecule has 0 radical (unpaired) electrons. The van der Waals surface area contributed by atoms with Gasteiger partial charge in [-0.3, -0.25) is 0 Å². The maximum Gasteiger partial charge on any atom is 0.126 e. The predicted octanol–water partition coefficient (Wildman–Crippen LogP) is 4.18. The van der Waals surface area contributed by atoms with Gasteiger partial charge in [0, 0.05) is 6.04 Å². The summed E-state index contributed by atoms with van der Waals surface area (Å²) in [7, 11) is 0. The minimum absolute atomic E-state index is 0.126. The molecule has 1 unspecified atom stereocenters. The Labute approximate surface area is 122 Å². The number of hydrogen-bond donors (Lipinski definition) is 1. The van der Waals surface area contributed by atoms with E-state index in [0.717, 1.165) is 25.5 Å². The van der Waals surface area contributed by atoms with E-state index in [-0.39, 0.29) is 17.7 Å². The molecule has 4 heteroatoms. The molecule has 0 fully saturated rings. The van der Waals surface area contributed by atoms with Gasteiger partial charge < -0.3 is 5.32 Å². The van der Waals surface area contributed by atoms with Crippen molar-refractivity contribution >= 4 is 11.3 Å². The summed E-state index contributed by atoms with van der Waals surface area (Å²) in [6, 6.07) is 5.86. The highest BCUT2D eigenvalue weighted by Gasteiger charge is 2.13. The fraction of sp³-hybridized carbons (Fsp3) is 0.375. The maximum absolute atomic E-state index is 13.7. The molecule has 1 aromatic carbocycles. The molecule has 2 rings (SSSR count). The minimum Gasteiger partial charge on any atom is -0.313 e. The summed E-state index contributed by atoms with van der Waals surface area (Å²) in [5, 5.41) is 7.55. The van der Waals surface area contributed by atoms with Crippen LogP contribution in [0.1, 0.15) is 24.5 Å². The molecule has 1 N–H and O–H groups in total. The lowest BCUT2D eigenvalue weighted by Gasteiger charge is -2.18. The van der Waals surface area contributed by atoms with Gasteiger partial charge in [-0.15, -0.1) is 0 Å². The van der Waals surface area contributed by atoms with Crippen molar-refractivity contribution in [2.45, 2.75) is 32.2 Å². The van der Waals surface area contributed by atoms with Crippen LogP contribution in [-0.2, 0) is 12.8 Å². The van der Waals surface area contributed by atoms with Crippen LogP contribution in [0.25, 0.3) is 0 Å². The number of thiophene rings is 1. The topological polar surface area (TPSA) is 12.0 Å². The van der Waals surface area contributed by atoms with Gasteiger partial charge in [0.05, 0.1) is 0 Å². The number of benzene rings is 1. The van der Waals surface area contributed by atoms with Crippen LogP contribution in [0.2, 0.25) is 0 Å². The Balaban J connectivity index is 2.08. The summed E-state index contributed by atoms with van der Waals surface area (Å²) in [5.41, 5.74) is 1.68. The highest BCUT2D eigenvalue weighted by Crippen LogP contribution is 2.15. The third-order valence-corrected chi connectivity index (χ3v) is 3.95. The third kappa shape index (κ3) is 4.39. The minimum atomic E-state index is -0.383. The molecule has 1 aromatic heterocycles. The number of hydrogen-bond acceptors (Lipinski definition) is 2. The van der Waals surface area contributed by atoms with E-state index in [0.29, 0.717) is 12.0 Å². The second-order valence-electron chi connectivity index (χ2n) is 4.93. The molecule has 0 spiro atoms. The molecular weight excluding hydrogens is 276 g/mol. The van der Waals surface area contributed by atoms with Gasteiger partial charge in [0.25, 0.3) is 0 Å². The van der Waals surface area contributed by atoms with Crippen LogP contribution in [0.5, 0.6) is 0 Å². The first-order valence-corrected chi connectivity index (χ1v) is 7.81. The van der Waals surface area contributed by atoms with Gasteiger partial charge in [-0.05, 0) is 72.0 Å². The third-order valence-electron chi connectivity index (χ3n) is 3.22. The molecule has 0 saturated heterocycles. The Bertz CT molecular complexity index is 525. The monoisotopic (exact) mass is 295 g/mol. The lowest BCUT2D eigenvalue weighted by Crippen LogP contribution is -2.34. The van der Waals surface area contributed by atoms with Crippen LogP contribution < -0.4 is 5.32 Å². The smallest absolute Gasteiger partial charge is 0.126 e. The SMILES string of the molecule is CCCNC(Cc1ccsc1)Cc1cc(F)ccc1F. The second kappa shape index (κ2) is 7.50. The van der Waals surface area contributed by atoms with Crippen molar-refractivity contribution in [3.63, 3.8) is 0 Å². The van der Waals surface area contributed by atoms with Crippen LogP contribution in [0.4, 0.5) is 8.78 Å². The average Bonchev–Trinajstić information content (AvgIpc) is 2.93. The Morgan fingerprint density at radius 1 is 1.20 bits per heavy atom. The van der Waals surface area contributed by atoms with Crippen LogP contribution in [0, 0.1) is 11.6 Å². The van der Waals surface area contributed by atoms with Gasteiger partial charge >= 0.3 is 0 Å². The summed E-state index contributed by atoms with van der Waals surface area (Å²) >= 11 is 1.66. The quantitative estimate of drug-likeness (QED) is 0.808. The summed E-state index contributed by atoms with van der Waals surface area (Å²) in [4.78, 5) is 0. The Morgan fingerprint density at radius 2 is 2.05 bits per heavy atom. The molecule has 0 aliphatic rings. The van der Waals surface area contributed by atoms with Crippen molar-refractivity contribution in [1.82, 2.24) is 5.32 Å². The Hall–Kier alpha value is -1.26. The van der Waals surface area contributed by atoms with Crippen molar-refractivity contribution in [2.75, 3.05) is 6.54 Å². The van der Waals surface area contributed by atoms with E-state index < -0.39 is 0 Å². The van der Waals surface area contributed by atoms with E-state index in [1.54, 1.807) is 11.3 Å².